The molecule has 2 rings (SSSR count). The summed E-state index contributed by atoms with van der Waals surface area (Å²) in [4.78, 5) is 27.2. The lowest BCUT2D eigenvalue weighted by molar-refractivity contribution is -0.117. The number of nitrogens with one attached hydrogen (secondary N) is 2. The van der Waals surface area contributed by atoms with E-state index in [2.05, 4.69) is 15.8 Å². The summed E-state index contributed by atoms with van der Waals surface area (Å²) in [6, 6.07) is 10.4. The van der Waals surface area contributed by atoms with Gasteiger partial charge in [-0.2, -0.15) is 0 Å². The van der Waals surface area contributed by atoms with Gasteiger partial charge in [0, 0.05) is 29.6 Å². The van der Waals surface area contributed by atoms with E-state index in [0.29, 0.717) is 11.3 Å². The quantitative estimate of drug-likeness (QED) is 0.663. The molecule has 0 saturated heterocycles. The minimum Gasteiger partial charge on any atom is -0.496 e. The molecule has 22 heavy (non-hydrogen) atoms. The normalized spacial score (nSPS) is 10.2. The number of benzene rings is 1. The van der Waals surface area contributed by atoms with Crippen LogP contribution in [-0.4, -0.2) is 23.9 Å². The van der Waals surface area contributed by atoms with Crippen molar-refractivity contribution >= 4 is 17.9 Å². The second-order valence-electron chi connectivity index (χ2n) is 4.25. The van der Waals surface area contributed by atoms with Gasteiger partial charge in [-0.25, -0.2) is 0 Å². The third-order valence-corrected chi connectivity index (χ3v) is 2.79. The maximum Gasteiger partial charge on any atom is 0.269 e. The minimum absolute atomic E-state index is 0.406. The fourth-order valence-corrected chi connectivity index (χ4v) is 1.71. The van der Waals surface area contributed by atoms with Crippen molar-refractivity contribution in [1.29, 1.82) is 0 Å². The van der Waals surface area contributed by atoms with Crippen LogP contribution in [0, 0.1) is 0 Å². The molecule has 0 fully saturated rings. The number of pyridine rings is 1. The highest BCUT2D eigenvalue weighted by Crippen LogP contribution is 2.18. The van der Waals surface area contributed by atoms with Crippen LogP contribution in [0.2, 0.25) is 0 Å². The van der Waals surface area contributed by atoms with Crippen LogP contribution in [0.4, 0.5) is 0 Å². The first-order valence-corrected chi connectivity index (χ1v) is 6.52. The zero-order valence-corrected chi connectivity index (χ0v) is 11.9. The Kier molecular flexibility index (Phi) is 5.25. The number of nitrogens with zero attached hydrogens (tertiary/aromatic N) is 1. The first kappa shape index (κ1) is 15.2. The van der Waals surface area contributed by atoms with Gasteiger partial charge in [0.25, 0.3) is 11.8 Å². The van der Waals surface area contributed by atoms with Gasteiger partial charge < -0.3 is 4.74 Å². The van der Waals surface area contributed by atoms with Crippen molar-refractivity contribution in [3.63, 3.8) is 0 Å². The number of methoxy groups -OCH3 is 1. The summed E-state index contributed by atoms with van der Waals surface area (Å²) in [5.41, 5.74) is 5.79. The van der Waals surface area contributed by atoms with Crippen molar-refractivity contribution in [1.82, 2.24) is 15.8 Å². The van der Waals surface area contributed by atoms with Crippen molar-refractivity contribution in [2.45, 2.75) is 0 Å². The van der Waals surface area contributed by atoms with Gasteiger partial charge in [-0.1, -0.05) is 18.2 Å². The molecule has 2 N–H and O–H groups in total. The molecule has 0 atom stereocenters. The number of amides is 2. The van der Waals surface area contributed by atoms with E-state index < -0.39 is 11.8 Å². The standard InChI is InChI=1S/C16H15N3O3/c1-22-14-5-3-2-4-12(14)6-7-15(20)18-19-16(21)13-8-10-17-11-9-13/h2-11H,1H3,(H,18,20)(H,19,21). The van der Waals surface area contributed by atoms with Crippen LogP contribution in [0.3, 0.4) is 0 Å². The lowest BCUT2D eigenvalue weighted by atomic mass is 10.2. The Morgan fingerprint density at radius 2 is 1.82 bits per heavy atom. The van der Waals surface area contributed by atoms with Crippen molar-refractivity contribution in [3.8, 4) is 5.75 Å². The molecule has 1 aromatic heterocycles. The van der Waals surface area contributed by atoms with Gasteiger partial charge in [0.05, 0.1) is 7.11 Å². The van der Waals surface area contributed by atoms with E-state index in [1.807, 2.05) is 18.2 Å². The lowest BCUT2D eigenvalue weighted by Crippen LogP contribution is -2.40. The molecular weight excluding hydrogens is 282 g/mol. The number of hydrogen-bond acceptors (Lipinski definition) is 4. The molecule has 0 bridgehead atoms. The van der Waals surface area contributed by atoms with Crippen molar-refractivity contribution in [2.75, 3.05) is 7.11 Å². The van der Waals surface area contributed by atoms with Crippen LogP contribution < -0.4 is 15.6 Å². The second-order valence-corrected chi connectivity index (χ2v) is 4.25. The molecular formula is C16H15N3O3. The molecule has 6 nitrogen and oxygen atoms in total. The molecule has 0 aliphatic carbocycles. The summed E-state index contributed by atoms with van der Waals surface area (Å²) in [6.07, 6.45) is 5.91. The van der Waals surface area contributed by atoms with E-state index >= 15 is 0 Å². The van der Waals surface area contributed by atoms with Crippen LogP contribution in [0.1, 0.15) is 15.9 Å². The molecule has 6 heteroatoms. The average Bonchev–Trinajstić information content (AvgIpc) is 2.58. The largest absolute Gasteiger partial charge is 0.496 e. The monoisotopic (exact) mass is 297 g/mol. The maximum atomic E-state index is 11.7. The number of hydrazine groups is 1. The zero-order valence-electron chi connectivity index (χ0n) is 11.9. The molecule has 0 aliphatic rings. The van der Waals surface area contributed by atoms with E-state index in [4.69, 9.17) is 4.74 Å². The summed E-state index contributed by atoms with van der Waals surface area (Å²) in [6.45, 7) is 0. The molecule has 2 amide bonds. The molecule has 0 radical (unpaired) electrons. The predicted molar refractivity (Wildman–Crippen MR) is 81.9 cm³/mol. The molecule has 1 heterocycles. The summed E-state index contributed by atoms with van der Waals surface area (Å²) >= 11 is 0. The van der Waals surface area contributed by atoms with Crippen LogP contribution >= 0.6 is 0 Å². The molecule has 1 aromatic carbocycles. The molecule has 2 aromatic rings. The third-order valence-electron chi connectivity index (χ3n) is 2.79. The SMILES string of the molecule is COc1ccccc1C=CC(=O)NNC(=O)c1ccncc1. The summed E-state index contributed by atoms with van der Waals surface area (Å²) in [7, 11) is 1.56. The number of hydrogen-bond donors (Lipinski definition) is 2. The van der Waals surface area contributed by atoms with Crippen LogP contribution in [-0.2, 0) is 4.79 Å². The Morgan fingerprint density at radius 1 is 1.09 bits per heavy atom. The summed E-state index contributed by atoms with van der Waals surface area (Å²) in [5.74, 6) is -0.206. The highest BCUT2D eigenvalue weighted by Gasteiger charge is 2.05. The van der Waals surface area contributed by atoms with Gasteiger partial charge >= 0.3 is 0 Å². The second kappa shape index (κ2) is 7.58. The molecule has 0 spiro atoms. The molecule has 0 unspecified atom stereocenters. The van der Waals surface area contributed by atoms with Crippen molar-refractivity contribution < 1.29 is 14.3 Å². The van der Waals surface area contributed by atoms with E-state index in [0.717, 1.165) is 5.56 Å². The fourth-order valence-electron chi connectivity index (χ4n) is 1.71. The third kappa shape index (κ3) is 4.17. The van der Waals surface area contributed by atoms with E-state index in [9.17, 15) is 9.59 Å². The van der Waals surface area contributed by atoms with E-state index in [1.165, 1.54) is 18.5 Å². The molecule has 112 valence electrons. The highest BCUT2D eigenvalue weighted by atomic mass is 16.5. The first-order chi connectivity index (χ1) is 10.7. The number of carbonyl (C=O) groups is 2. The fraction of sp³-hybridized carbons (Fsp3) is 0.0625. The zero-order chi connectivity index (χ0) is 15.8. The smallest absolute Gasteiger partial charge is 0.269 e. The van der Waals surface area contributed by atoms with Gasteiger partial charge in [-0.15, -0.1) is 0 Å². The predicted octanol–water partition coefficient (Wildman–Crippen LogP) is 1.56. The Hall–Kier alpha value is -3.15. The number of aromatic nitrogens is 1. The Morgan fingerprint density at radius 3 is 2.55 bits per heavy atom. The first-order valence-electron chi connectivity index (χ1n) is 6.52. The summed E-state index contributed by atoms with van der Waals surface area (Å²) < 4.78 is 5.18. The van der Waals surface area contributed by atoms with Crippen molar-refractivity contribution in [3.05, 3.63) is 66.0 Å². The van der Waals surface area contributed by atoms with Crippen LogP contribution in [0.15, 0.2) is 54.9 Å². The van der Waals surface area contributed by atoms with Crippen LogP contribution in [0.25, 0.3) is 6.08 Å². The number of carbonyl (C=O) groups excluding carboxylic acids is 2. The maximum absolute atomic E-state index is 11.7. The van der Waals surface area contributed by atoms with Crippen LogP contribution in [0.5, 0.6) is 5.75 Å². The van der Waals surface area contributed by atoms with Gasteiger partial charge in [0.15, 0.2) is 0 Å². The number of para-hydroxylation sites is 1. The van der Waals surface area contributed by atoms with Gasteiger partial charge in [0.2, 0.25) is 0 Å². The highest BCUT2D eigenvalue weighted by molar-refractivity contribution is 5.97. The Labute approximate surface area is 127 Å². The lowest BCUT2D eigenvalue weighted by Gasteiger charge is -2.05. The van der Waals surface area contributed by atoms with Gasteiger partial charge in [-0.3, -0.25) is 25.4 Å². The van der Waals surface area contributed by atoms with E-state index in [-0.39, 0.29) is 0 Å². The molecule has 0 aliphatic heterocycles. The number of ether oxygens (including phenoxy) is 1. The topological polar surface area (TPSA) is 80.3 Å². The Bertz CT molecular complexity index is 684. The van der Waals surface area contributed by atoms with Gasteiger partial charge in [0.1, 0.15) is 5.75 Å². The summed E-state index contributed by atoms with van der Waals surface area (Å²) in [5, 5.41) is 0. The van der Waals surface area contributed by atoms with Gasteiger partial charge in [-0.05, 0) is 24.3 Å². The minimum atomic E-state index is -0.451. The van der Waals surface area contributed by atoms with Crippen molar-refractivity contribution in [2.24, 2.45) is 0 Å². The average molecular weight is 297 g/mol. The Balaban J connectivity index is 1.90. The van der Waals surface area contributed by atoms with E-state index in [1.54, 1.807) is 31.4 Å². The number of rotatable bonds is 4. The molecule has 0 saturated carbocycles.